The number of anilines is 2. The summed E-state index contributed by atoms with van der Waals surface area (Å²) in [5.74, 6) is -0.989. The monoisotopic (exact) mass is 518 g/mol. The van der Waals surface area contributed by atoms with Crippen molar-refractivity contribution in [3.05, 3.63) is 43.8 Å². The predicted molar refractivity (Wildman–Crippen MR) is 120 cm³/mol. The molecule has 0 atom stereocenters. The van der Waals surface area contributed by atoms with E-state index in [9.17, 15) is 9.59 Å². The van der Waals surface area contributed by atoms with E-state index in [0.717, 1.165) is 20.6 Å². The summed E-state index contributed by atoms with van der Waals surface area (Å²) in [6.45, 7) is 5.62. The molecule has 27 heavy (non-hydrogen) atoms. The summed E-state index contributed by atoms with van der Waals surface area (Å²) in [6, 6.07) is 7.69. The van der Waals surface area contributed by atoms with E-state index in [4.69, 9.17) is 21.7 Å². The average molecular weight is 518 g/mol. The molecule has 6 nitrogen and oxygen atoms in total. The smallest absolute Gasteiger partial charge is 0.348 e. The summed E-state index contributed by atoms with van der Waals surface area (Å²) >= 11 is 8.68. The first-order valence-electron chi connectivity index (χ1n) is 8.18. The first-order chi connectivity index (χ1) is 12.9. The molecule has 9 heteroatoms. The van der Waals surface area contributed by atoms with Gasteiger partial charge in [0.05, 0.1) is 18.8 Å². The van der Waals surface area contributed by atoms with Gasteiger partial charge in [0, 0.05) is 9.26 Å². The van der Waals surface area contributed by atoms with Crippen molar-refractivity contribution in [1.82, 2.24) is 0 Å². The van der Waals surface area contributed by atoms with Gasteiger partial charge in [-0.25, -0.2) is 9.59 Å². The largest absolute Gasteiger partial charge is 0.462 e. The molecular weight excluding hydrogens is 499 g/mol. The fourth-order valence-electron chi connectivity index (χ4n) is 2.24. The Morgan fingerprint density at radius 3 is 2.26 bits per heavy atom. The van der Waals surface area contributed by atoms with Crippen LogP contribution in [0, 0.1) is 10.5 Å². The van der Waals surface area contributed by atoms with Crippen molar-refractivity contribution in [2.45, 2.75) is 20.8 Å². The molecule has 0 amide bonds. The van der Waals surface area contributed by atoms with Crippen molar-refractivity contribution in [2.24, 2.45) is 0 Å². The third kappa shape index (κ3) is 5.63. The molecule has 1 aromatic heterocycles. The summed E-state index contributed by atoms with van der Waals surface area (Å²) in [7, 11) is 0. The van der Waals surface area contributed by atoms with E-state index in [0.29, 0.717) is 20.6 Å². The minimum atomic E-state index is -0.513. The third-order valence-electron chi connectivity index (χ3n) is 3.42. The molecule has 0 aliphatic rings. The number of ether oxygens (including phenoxy) is 2. The topological polar surface area (TPSA) is 76.7 Å². The van der Waals surface area contributed by atoms with Crippen LogP contribution in [0.25, 0.3) is 0 Å². The highest BCUT2D eigenvalue weighted by atomic mass is 127. The number of carbonyl (C=O) groups excluding carboxylic acids is 2. The number of nitrogens with one attached hydrogen (secondary N) is 2. The van der Waals surface area contributed by atoms with Crippen LogP contribution in [0.1, 0.15) is 39.4 Å². The van der Waals surface area contributed by atoms with Gasteiger partial charge in [0.15, 0.2) is 5.11 Å². The molecule has 0 unspecified atom stereocenters. The number of thiophene rings is 1. The Bertz CT molecular complexity index is 850. The van der Waals surface area contributed by atoms with Crippen molar-refractivity contribution in [3.63, 3.8) is 0 Å². The molecule has 0 bridgehead atoms. The molecule has 0 saturated carbocycles. The van der Waals surface area contributed by atoms with Gasteiger partial charge in [-0.1, -0.05) is 0 Å². The summed E-state index contributed by atoms with van der Waals surface area (Å²) in [6.07, 6.45) is 0. The van der Waals surface area contributed by atoms with Crippen LogP contribution >= 0.6 is 46.1 Å². The molecule has 2 aromatic rings. The van der Waals surface area contributed by atoms with Crippen LogP contribution in [0.3, 0.4) is 0 Å². The maximum atomic E-state index is 12.4. The van der Waals surface area contributed by atoms with Gasteiger partial charge in [0.1, 0.15) is 9.88 Å². The van der Waals surface area contributed by atoms with E-state index in [1.807, 2.05) is 24.3 Å². The minimum Gasteiger partial charge on any atom is -0.462 e. The first kappa shape index (κ1) is 21.6. The number of esters is 2. The number of carbonyl (C=O) groups is 2. The summed E-state index contributed by atoms with van der Waals surface area (Å²) in [5, 5.41) is 6.80. The van der Waals surface area contributed by atoms with Crippen LogP contribution in [-0.4, -0.2) is 30.3 Å². The van der Waals surface area contributed by atoms with Crippen molar-refractivity contribution in [3.8, 4) is 0 Å². The molecule has 1 heterocycles. The quantitative estimate of drug-likeness (QED) is 0.323. The molecule has 0 aliphatic heterocycles. The van der Waals surface area contributed by atoms with E-state index >= 15 is 0 Å². The molecule has 0 fully saturated rings. The Morgan fingerprint density at radius 2 is 1.67 bits per heavy atom. The fraction of sp³-hybridized carbons (Fsp3) is 0.278. The van der Waals surface area contributed by atoms with Crippen LogP contribution in [0.2, 0.25) is 0 Å². The van der Waals surface area contributed by atoms with Crippen molar-refractivity contribution in [2.75, 3.05) is 23.8 Å². The standard InChI is InChI=1S/C18H19IN2O4S2/c1-4-24-16(22)13-10(3)14(17(23)25-5-2)27-15(13)21-18(26)20-12-8-6-11(19)7-9-12/h6-9H,4-5H2,1-3H3,(H2,20,21,26). The van der Waals surface area contributed by atoms with Gasteiger partial charge in [-0.05, 0) is 85.4 Å². The molecule has 2 N–H and O–H groups in total. The fourth-order valence-corrected chi connectivity index (χ4v) is 3.98. The normalized spacial score (nSPS) is 10.2. The molecule has 144 valence electrons. The highest BCUT2D eigenvalue weighted by molar-refractivity contribution is 14.1. The van der Waals surface area contributed by atoms with Crippen LogP contribution < -0.4 is 10.6 Å². The van der Waals surface area contributed by atoms with Crippen LogP contribution in [0.5, 0.6) is 0 Å². The van der Waals surface area contributed by atoms with Crippen LogP contribution in [-0.2, 0) is 9.47 Å². The van der Waals surface area contributed by atoms with E-state index in [-0.39, 0.29) is 18.8 Å². The van der Waals surface area contributed by atoms with Crippen LogP contribution in [0.15, 0.2) is 24.3 Å². The Morgan fingerprint density at radius 1 is 1.07 bits per heavy atom. The third-order valence-corrected chi connectivity index (χ3v) is 5.53. The molecule has 0 aliphatic carbocycles. The van der Waals surface area contributed by atoms with E-state index in [1.54, 1.807) is 20.8 Å². The lowest BCUT2D eigenvalue weighted by Crippen LogP contribution is -2.20. The number of rotatable bonds is 6. The summed E-state index contributed by atoms with van der Waals surface area (Å²) in [5.41, 5.74) is 1.61. The van der Waals surface area contributed by atoms with Gasteiger partial charge in [0.25, 0.3) is 0 Å². The van der Waals surface area contributed by atoms with E-state index < -0.39 is 11.9 Å². The zero-order chi connectivity index (χ0) is 20.0. The number of hydrogen-bond acceptors (Lipinski definition) is 6. The first-order valence-corrected chi connectivity index (χ1v) is 10.5. The second-order valence-electron chi connectivity index (χ2n) is 5.29. The number of thiocarbonyl (C=S) groups is 1. The Kier molecular flexibility index (Phi) is 7.99. The van der Waals surface area contributed by atoms with Gasteiger partial charge >= 0.3 is 11.9 Å². The van der Waals surface area contributed by atoms with E-state index in [2.05, 4.69) is 33.2 Å². The van der Waals surface area contributed by atoms with Gasteiger partial charge in [-0.15, -0.1) is 11.3 Å². The van der Waals surface area contributed by atoms with Crippen molar-refractivity contribution >= 4 is 73.9 Å². The maximum absolute atomic E-state index is 12.4. The van der Waals surface area contributed by atoms with Gasteiger partial charge in [-0.3, -0.25) is 0 Å². The van der Waals surface area contributed by atoms with Crippen molar-refractivity contribution < 1.29 is 19.1 Å². The molecule has 0 spiro atoms. The molecule has 0 saturated heterocycles. The summed E-state index contributed by atoms with van der Waals surface area (Å²) in [4.78, 5) is 24.9. The van der Waals surface area contributed by atoms with Gasteiger partial charge in [0.2, 0.25) is 0 Å². The average Bonchev–Trinajstić information content (AvgIpc) is 2.93. The van der Waals surface area contributed by atoms with Crippen molar-refractivity contribution in [1.29, 1.82) is 0 Å². The lowest BCUT2D eigenvalue weighted by atomic mass is 10.1. The second-order valence-corrected chi connectivity index (χ2v) is 7.96. The Hall–Kier alpha value is -1.72. The molecule has 1 aromatic carbocycles. The Labute approximate surface area is 180 Å². The summed E-state index contributed by atoms with van der Waals surface area (Å²) < 4.78 is 11.3. The molecular formula is C18H19IN2O4S2. The van der Waals surface area contributed by atoms with Crippen LogP contribution in [0.4, 0.5) is 10.7 Å². The maximum Gasteiger partial charge on any atom is 0.348 e. The number of halogens is 1. The predicted octanol–water partition coefficient (Wildman–Crippen LogP) is 4.82. The Balaban J connectivity index is 2.28. The lowest BCUT2D eigenvalue weighted by molar-refractivity contribution is 0.0527. The highest BCUT2D eigenvalue weighted by Crippen LogP contribution is 2.34. The molecule has 2 rings (SSSR count). The van der Waals surface area contributed by atoms with Gasteiger partial charge in [-0.2, -0.15) is 0 Å². The number of benzene rings is 1. The second kappa shape index (κ2) is 10.00. The van der Waals surface area contributed by atoms with Gasteiger partial charge < -0.3 is 20.1 Å². The zero-order valence-corrected chi connectivity index (χ0v) is 18.8. The zero-order valence-electron chi connectivity index (χ0n) is 15.1. The minimum absolute atomic E-state index is 0.230. The SMILES string of the molecule is CCOC(=O)c1sc(NC(=S)Nc2ccc(I)cc2)c(C(=O)OCC)c1C. The number of hydrogen-bond donors (Lipinski definition) is 2. The molecule has 0 radical (unpaired) electrons. The van der Waals surface area contributed by atoms with E-state index in [1.165, 1.54) is 0 Å². The lowest BCUT2D eigenvalue weighted by Gasteiger charge is -2.11. The highest BCUT2D eigenvalue weighted by Gasteiger charge is 2.26.